The Kier molecular flexibility index (Phi) is 9.35. The van der Waals surface area contributed by atoms with E-state index >= 15 is 4.79 Å². The van der Waals surface area contributed by atoms with E-state index in [-0.39, 0.29) is 42.7 Å². The number of nitrogens with zero attached hydrogens (tertiary/aromatic N) is 3. The second kappa shape index (κ2) is 12.8. The van der Waals surface area contributed by atoms with Crippen molar-refractivity contribution in [2.45, 2.75) is 77.8 Å². The highest BCUT2D eigenvalue weighted by molar-refractivity contribution is 6.06. The predicted molar refractivity (Wildman–Crippen MR) is 180 cm³/mol. The molecular weight excluding hydrogens is 578 g/mol. The molecule has 46 heavy (non-hydrogen) atoms. The number of aryl methyl sites for hydroxylation is 2. The summed E-state index contributed by atoms with van der Waals surface area (Å²) in [5.41, 5.74) is 1.38. The third kappa shape index (κ3) is 5.20. The van der Waals surface area contributed by atoms with E-state index in [1.807, 2.05) is 90.1 Å². The number of carbonyl (C=O) groups is 3. The highest BCUT2D eigenvalue weighted by Crippen LogP contribution is 2.66. The van der Waals surface area contributed by atoms with Crippen molar-refractivity contribution in [3.05, 3.63) is 90.5 Å². The molecule has 3 aliphatic heterocycles. The fraction of sp³-hybridized carbons (Fsp3) is 0.500. The second-order valence-electron chi connectivity index (χ2n) is 13.9. The number of ether oxygens (including phenoxy) is 1. The molecule has 3 fully saturated rings. The maximum atomic E-state index is 15.1. The summed E-state index contributed by atoms with van der Waals surface area (Å²) in [5.74, 6) is -2.73. The summed E-state index contributed by atoms with van der Waals surface area (Å²) >= 11 is 0. The summed E-state index contributed by atoms with van der Waals surface area (Å²) in [6.07, 6.45) is 3.83. The summed E-state index contributed by atoms with van der Waals surface area (Å²) in [6.45, 7) is 20.2. The maximum Gasteiger partial charge on any atom is 0.253 e. The molecule has 3 aliphatic rings. The van der Waals surface area contributed by atoms with Gasteiger partial charge < -0.3 is 24.5 Å². The number of rotatable bonds is 12. The Morgan fingerprint density at radius 1 is 1.04 bits per heavy atom. The van der Waals surface area contributed by atoms with Crippen LogP contribution in [0.1, 0.15) is 50.8 Å². The van der Waals surface area contributed by atoms with Crippen LogP contribution in [0.4, 0.5) is 5.69 Å². The Hall–Kier alpha value is -3.75. The highest BCUT2D eigenvalue weighted by Gasteiger charge is 2.80. The maximum absolute atomic E-state index is 15.1. The lowest BCUT2D eigenvalue weighted by molar-refractivity contribution is -0.154. The second-order valence-corrected chi connectivity index (χ2v) is 13.9. The number of fused-ring (bicyclic) bond motifs is 1. The minimum atomic E-state index is -1.24. The average molecular weight is 628 g/mol. The van der Waals surface area contributed by atoms with E-state index in [0.717, 1.165) is 22.4 Å². The van der Waals surface area contributed by atoms with Gasteiger partial charge in [0.2, 0.25) is 11.8 Å². The average Bonchev–Trinajstić information content (AvgIpc) is 3.53. The molecule has 3 amide bonds. The molecule has 3 heterocycles. The fourth-order valence-corrected chi connectivity index (χ4v) is 8.50. The van der Waals surface area contributed by atoms with Crippen LogP contribution >= 0.6 is 0 Å². The van der Waals surface area contributed by atoms with Crippen LogP contribution in [-0.2, 0) is 25.7 Å². The van der Waals surface area contributed by atoms with Gasteiger partial charge in [-0.25, -0.2) is 0 Å². The third-order valence-corrected chi connectivity index (χ3v) is 10.7. The van der Waals surface area contributed by atoms with Crippen LogP contribution < -0.4 is 4.90 Å². The minimum Gasteiger partial charge on any atom is -0.394 e. The molecule has 2 aromatic rings. The van der Waals surface area contributed by atoms with Crippen LogP contribution in [0.5, 0.6) is 0 Å². The normalized spacial score (nSPS) is 28.7. The van der Waals surface area contributed by atoms with Crippen molar-refractivity contribution in [2.24, 2.45) is 23.7 Å². The highest BCUT2D eigenvalue weighted by atomic mass is 16.5. The molecule has 0 aliphatic carbocycles. The van der Waals surface area contributed by atoms with Gasteiger partial charge in [-0.2, -0.15) is 0 Å². The van der Waals surface area contributed by atoms with Crippen molar-refractivity contribution >= 4 is 23.4 Å². The largest absolute Gasteiger partial charge is 0.394 e. The molecule has 1 N–H and O–H groups in total. The van der Waals surface area contributed by atoms with Crippen LogP contribution in [0.2, 0.25) is 0 Å². The number of hydrogen-bond acceptors (Lipinski definition) is 5. The van der Waals surface area contributed by atoms with Crippen molar-refractivity contribution in [2.75, 3.05) is 24.6 Å². The molecule has 5 rings (SSSR count). The van der Waals surface area contributed by atoms with E-state index in [2.05, 4.69) is 13.2 Å². The molecule has 0 radical (unpaired) electrons. The molecule has 7 atom stereocenters. The van der Waals surface area contributed by atoms with Gasteiger partial charge in [-0.3, -0.25) is 14.4 Å². The zero-order valence-electron chi connectivity index (χ0n) is 28.1. The minimum absolute atomic E-state index is 0.109. The van der Waals surface area contributed by atoms with Crippen molar-refractivity contribution in [3.8, 4) is 0 Å². The number of hydrogen-bond donors (Lipinski definition) is 1. The SMILES string of the molecule is C=CCN(Cc1ccccc1)C(=O)[C@H]1[C@H]2C(=O)N([C@@H](CO)C(C)C)C(C(=O)N(CC=C)c3c(C)cccc3C)C23CC(C)[C@]1(C)O3. The van der Waals surface area contributed by atoms with Gasteiger partial charge in [-0.05, 0) is 55.7 Å². The first kappa shape index (κ1) is 33.6. The Morgan fingerprint density at radius 2 is 1.67 bits per heavy atom. The smallest absolute Gasteiger partial charge is 0.253 e. The Morgan fingerprint density at radius 3 is 2.24 bits per heavy atom. The van der Waals surface area contributed by atoms with Crippen LogP contribution in [0.25, 0.3) is 0 Å². The monoisotopic (exact) mass is 627 g/mol. The molecule has 8 nitrogen and oxygen atoms in total. The van der Waals surface area contributed by atoms with Gasteiger partial charge in [0, 0.05) is 25.3 Å². The number of anilines is 1. The number of para-hydroxylation sites is 1. The summed E-state index contributed by atoms with van der Waals surface area (Å²) in [7, 11) is 0. The van der Waals surface area contributed by atoms with E-state index < -0.39 is 35.1 Å². The molecule has 3 saturated heterocycles. The van der Waals surface area contributed by atoms with E-state index in [1.54, 1.807) is 26.9 Å². The first-order chi connectivity index (χ1) is 21.9. The van der Waals surface area contributed by atoms with Crippen LogP contribution in [0.15, 0.2) is 73.8 Å². The number of likely N-dealkylation sites (tertiary alicyclic amines) is 1. The lowest BCUT2D eigenvalue weighted by Crippen LogP contribution is -2.60. The summed E-state index contributed by atoms with van der Waals surface area (Å²) in [6, 6.07) is 14.0. The molecule has 0 aromatic heterocycles. The fourth-order valence-electron chi connectivity index (χ4n) is 8.50. The van der Waals surface area contributed by atoms with Gasteiger partial charge in [-0.15, -0.1) is 13.2 Å². The standard InChI is InChI=1S/C38H49N3O5/c1-9-19-39(22-28-17-12-11-13-18-28)34(43)30-31-35(44)41(29(23-42)24(3)4)33(38(31)21-27(7)37(30,8)46-38)36(45)40(20-10-2)32-25(5)15-14-16-26(32)6/h9-18,24,27,29-31,33,42H,1-2,19-23H2,3-8H3/t27?,29-,30+,31-,33?,37-,38?/m0/s1. The van der Waals surface area contributed by atoms with Gasteiger partial charge in [0.25, 0.3) is 5.91 Å². The van der Waals surface area contributed by atoms with E-state index in [4.69, 9.17) is 4.74 Å². The first-order valence-electron chi connectivity index (χ1n) is 16.4. The van der Waals surface area contributed by atoms with Crippen molar-refractivity contribution in [3.63, 3.8) is 0 Å². The quantitative estimate of drug-likeness (QED) is 0.332. The van der Waals surface area contributed by atoms with Gasteiger partial charge in [0.1, 0.15) is 11.6 Å². The van der Waals surface area contributed by atoms with Gasteiger partial charge in [-0.1, -0.05) is 81.5 Å². The van der Waals surface area contributed by atoms with E-state index in [1.165, 1.54) is 0 Å². The predicted octanol–water partition coefficient (Wildman–Crippen LogP) is 5.06. The van der Waals surface area contributed by atoms with Crippen LogP contribution in [-0.4, -0.2) is 75.6 Å². The number of aliphatic hydroxyl groups is 1. The van der Waals surface area contributed by atoms with Crippen LogP contribution in [0.3, 0.4) is 0 Å². The Labute approximate surface area is 273 Å². The van der Waals surface area contributed by atoms with Crippen molar-refractivity contribution in [1.82, 2.24) is 9.80 Å². The molecule has 8 heteroatoms. The molecular formula is C38H49N3O5. The van der Waals surface area contributed by atoms with Gasteiger partial charge >= 0.3 is 0 Å². The first-order valence-corrected chi connectivity index (χ1v) is 16.4. The Bertz CT molecular complexity index is 1490. The molecule has 246 valence electrons. The molecule has 1 spiro atoms. The summed E-state index contributed by atoms with van der Waals surface area (Å²) < 4.78 is 7.04. The molecule has 2 bridgehead atoms. The third-order valence-electron chi connectivity index (χ3n) is 10.7. The molecule has 2 aromatic carbocycles. The summed E-state index contributed by atoms with van der Waals surface area (Å²) in [5, 5.41) is 10.7. The molecule has 0 saturated carbocycles. The zero-order chi connectivity index (χ0) is 33.6. The Balaban J connectivity index is 1.66. The van der Waals surface area contributed by atoms with Crippen molar-refractivity contribution in [1.29, 1.82) is 0 Å². The lowest BCUT2D eigenvalue weighted by atomic mass is 9.62. The lowest BCUT2D eigenvalue weighted by Gasteiger charge is -2.41. The number of carbonyl (C=O) groups excluding carboxylic acids is 3. The number of benzene rings is 2. The number of amides is 3. The van der Waals surface area contributed by atoms with Crippen LogP contribution in [0, 0.1) is 37.5 Å². The van der Waals surface area contributed by atoms with Crippen molar-refractivity contribution < 1.29 is 24.2 Å². The topological polar surface area (TPSA) is 90.4 Å². The summed E-state index contributed by atoms with van der Waals surface area (Å²) in [4.78, 5) is 49.8. The molecule has 3 unspecified atom stereocenters. The van der Waals surface area contributed by atoms with E-state index in [9.17, 15) is 14.7 Å². The number of aliphatic hydroxyl groups excluding tert-OH is 1. The van der Waals surface area contributed by atoms with Gasteiger partial charge in [0.15, 0.2) is 0 Å². The van der Waals surface area contributed by atoms with Gasteiger partial charge in [0.05, 0.1) is 30.1 Å². The van der Waals surface area contributed by atoms with E-state index in [0.29, 0.717) is 19.5 Å². The zero-order valence-corrected chi connectivity index (χ0v) is 28.1.